The van der Waals surface area contributed by atoms with Crippen LogP contribution in [-0.4, -0.2) is 37.1 Å². The molecule has 0 aromatic rings. The molecule has 96 valence electrons. The van der Waals surface area contributed by atoms with Gasteiger partial charge in [0.2, 0.25) is 5.91 Å². The fourth-order valence-corrected chi connectivity index (χ4v) is 2.67. The van der Waals surface area contributed by atoms with Crippen molar-refractivity contribution in [2.45, 2.75) is 44.2 Å². The summed E-state index contributed by atoms with van der Waals surface area (Å²) >= 11 is 0. The average molecular weight is 240 g/mol. The number of carbonyl (C=O) groups excluding carboxylic acids is 2. The Labute approximate surface area is 101 Å². The molecule has 3 unspecified atom stereocenters. The van der Waals surface area contributed by atoms with Crippen LogP contribution in [0.3, 0.4) is 0 Å². The maximum absolute atomic E-state index is 12.0. The van der Waals surface area contributed by atoms with Gasteiger partial charge in [-0.2, -0.15) is 0 Å². The van der Waals surface area contributed by atoms with Crippen LogP contribution >= 0.6 is 0 Å². The van der Waals surface area contributed by atoms with Crippen LogP contribution in [0.4, 0.5) is 0 Å². The number of amides is 1. The lowest BCUT2D eigenvalue weighted by Gasteiger charge is -2.19. The molecule has 1 aliphatic carbocycles. The number of rotatable bonds is 4. The van der Waals surface area contributed by atoms with Gasteiger partial charge in [0.15, 0.2) is 0 Å². The van der Waals surface area contributed by atoms with Gasteiger partial charge < -0.3 is 15.4 Å². The first-order valence-corrected chi connectivity index (χ1v) is 6.28. The van der Waals surface area contributed by atoms with Crippen molar-refractivity contribution in [3.05, 3.63) is 0 Å². The van der Waals surface area contributed by atoms with E-state index in [-0.39, 0.29) is 23.8 Å². The van der Waals surface area contributed by atoms with Crippen molar-refractivity contribution in [3.8, 4) is 0 Å². The molecule has 0 radical (unpaired) electrons. The first-order valence-electron chi connectivity index (χ1n) is 6.28. The highest BCUT2D eigenvalue weighted by Crippen LogP contribution is 2.46. The molecule has 0 bridgehead atoms. The minimum absolute atomic E-state index is 0.0659. The molecule has 1 heterocycles. The first-order chi connectivity index (χ1) is 8.14. The van der Waals surface area contributed by atoms with E-state index in [9.17, 15) is 9.59 Å². The molecule has 0 aromatic heterocycles. The lowest BCUT2D eigenvalue weighted by Crippen LogP contribution is -2.51. The van der Waals surface area contributed by atoms with E-state index >= 15 is 0 Å². The molecule has 5 nitrogen and oxygen atoms in total. The fraction of sp³-hybridized carbons (Fsp3) is 0.833. The third kappa shape index (κ3) is 2.16. The van der Waals surface area contributed by atoms with Crippen molar-refractivity contribution in [2.75, 3.05) is 13.7 Å². The average Bonchev–Trinajstić information content (AvgIpc) is 2.79. The van der Waals surface area contributed by atoms with Gasteiger partial charge >= 0.3 is 5.97 Å². The third-order valence-corrected chi connectivity index (χ3v) is 3.87. The molecule has 1 aliphatic heterocycles. The maximum atomic E-state index is 12.0. The van der Waals surface area contributed by atoms with E-state index < -0.39 is 5.54 Å². The van der Waals surface area contributed by atoms with Crippen molar-refractivity contribution < 1.29 is 14.3 Å². The number of esters is 1. The van der Waals surface area contributed by atoms with Crippen LogP contribution in [0, 0.1) is 5.92 Å². The van der Waals surface area contributed by atoms with E-state index in [0.717, 1.165) is 25.8 Å². The number of hydrogen-bond donors (Lipinski definition) is 2. The summed E-state index contributed by atoms with van der Waals surface area (Å²) in [5.74, 6) is -0.153. The molecule has 0 spiro atoms. The zero-order chi connectivity index (χ0) is 12.5. The number of hydrogen-bond acceptors (Lipinski definition) is 4. The predicted octanol–water partition coefficient (Wildman–Crippen LogP) is 0.196. The molecule has 2 N–H and O–H groups in total. The summed E-state index contributed by atoms with van der Waals surface area (Å²) in [5, 5.41) is 6.02. The van der Waals surface area contributed by atoms with E-state index in [1.54, 1.807) is 0 Å². The van der Waals surface area contributed by atoms with Gasteiger partial charge in [-0.25, -0.2) is 4.79 Å². The summed E-state index contributed by atoms with van der Waals surface area (Å²) in [6.45, 7) is 2.90. The largest absolute Gasteiger partial charge is 0.467 e. The van der Waals surface area contributed by atoms with Crippen LogP contribution in [0.15, 0.2) is 0 Å². The second-order valence-corrected chi connectivity index (χ2v) is 4.91. The molecule has 1 amide bonds. The molecule has 0 aromatic carbocycles. The van der Waals surface area contributed by atoms with Gasteiger partial charge in [0.25, 0.3) is 0 Å². The molecule has 1 saturated heterocycles. The summed E-state index contributed by atoms with van der Waals surface area (Å²) in [5.41, 5.74) is -0.745. The molecule has 5 heteroatoms. The molecule has 1 saturated carbocycles. The predicted molar refractivity (Wildman–Crippen MR) is 62.3 cm³/mol. The highest BCUT2D eigenvalue weighted by molar-refractivity contribution is 5.93. The minimum Gasteiger partial charge on any atom is -0.467 e. The van der Waals surface area contributed by atoms with Gasteiger partial charge in [-0.15, -0.1) is 0 Å². The van der Waals surface area contributed by atoms with Crippen molar-refractivity contribution in [1.29, 1.82) is 0 Å². The molecular weight excluding hydrogens is 220 g/mol. The number of methoxy groups -OCH3 is 1. The van der Waals surface area contributed by atoms with Gasteiger partial charge in [0.05, 0.1) is 13.2 Å². The fourth-order valence-electron chi connectivity index (χ4n) is 2.67. The van der Waals surface area contributed by atoms with E-state index in [1.807, 2.05) is 6.92 Å². The molecular formula is C12H20N2O3. The van der Waals surface area contributed by atoms with E-state index in [4.69, 9.17) is 4.74 Å². The maximum Gasteiger partial charge on any atom is 0.331 e. The quantitative estimate of drug-likeness (QED) is 0.689. The Morgan fingerprint density at radius 3 is 2.76 bits per heavy atom. The standard InChI is InChI=1S/C12H20N2O3/c1-3-8-7-12(8,11(16)17-2)14-10(15)9-5-4-6-13-9/h8-9,13H,3-7H2,1-2H3,(H,14,15). The zero-order valence-electron chi connectivity index (χ0n) is 10.4. The van der Waals surface area contributed by atoms with Crippen molar-refractivity contribution in [3.63, 3.8) is 0 Å². The summed E-state index contributed by atoms with van der Waals surface area (Å²) in [6.07, 6.45) is 3.45. The SMILES string of the molecule is CCC1CC1(NC(=O)C1CCCN1)C(=O)OC. The Kier molecular flexibility index (Phi) is 3.38. The van der Waals surface area contributed by atoms with Crippen LogP contribution in [0.1, 0.15) is 32.6 Å². The lowest BCUT2D eigenvalue weighted by atomic mass is 10.1. The third-order valence-electron chi connectivity index (χ3n) is 3.87. The Bertz CT molecular complexity index is 326. The minimum atomic E-state index is -0.745. The summed E-state index contributed by atoms with van der Waals surface area (Å²) in [4.78, 5) is 23.8. The van der Waals surface area contributed by atoms with Gasteiger partial charge in [0, 0.05) is 0 Å². The Morgan fingerprint density at radius 2 is 2.29 bits per heavy atom. The van der Waals surface area contributed by atoms with Gasteiger partial charge in [-0.05, 0) is 31.7 Å². The van der Waals surface area contributed by atoms with Crippen LogP contribution in [-0.2, 0) is 14.3 Å². The summed E-state index contributed by atoms with van der Waals surface area (Å²) in [6, 6.07) is -0.144. The topological polar surface area (TPSA) is 67.4 Å². The first kappa shape index (κ1) is 12.4. The van der Waals surface area contributed by atoms with Crippen molar-refractivity contribution >= 4 is 11.9 Å². The zero-order valence-corrected chi connectivity index (χ0v) is 10.4. The Hall–Kier alpha value is -1.10. The van der Waals surface area contributed by atoms with Gasteiger partial charge in [-0.3, -0.25) is 4.79 Å². The van der Waals surface area contributed by atoms with Crippen molar-refractivity contribution in [2.24, 2.45) is 5.92 Å². The summed E-state index contributed by atoms with van der Waals surface area (Å²) in [7, 11) is 1.37. The highest BCUT2D eigenvalue weighted by Gasteiger charge is 2.61. The molecule has 2 rings (SSSR count). The Morgan fingerprint density at radius 1 is 1.53 bits per heavy atom. The summed E-state index contributed by atoms with van der Waals surface area (Å²) < 4.78 is 4.80. The van der Waals surface area contributed by atoms with Crippen LogP contribution in [0.5, 0.6) is 0 Å². The molecule has 2 fully saturated rings. The van der Waals surface area contributed by atoms with E-state index in [1.165, 1.54) is 7.11 Å². The van der Waals surface area contributed by atoms with E-state index in [0.29, 0.717) is 6.42 Å². The molecule has 2 aliphatic rings. The lowest BCUT2D eigenvalue weighted by molar-refractivity contribution is -0.147. The monoisotopic (exact) mass is 240 g/mol. The molecule has 3 atom stereocenters. The van der Waals surface area contributed by atoms with Crippen LogP contribution in [0.25, 0.3) is 0 Å². The number of ether oxygens (including phenoxy) is 1. The highest BCUT2D eigenvalue weighted by atomic mass is 16.5. The van der Waals surface area contributed by atoms with Gasteiger partial charge in [0.1, 0.15) is 5.54 Å². The number of carbonyl (C=O) groups is 2. The second-order valence-electron chi connectivity index (χ2n) is 4.91. The van der Waals surface area contributed by atoms with E-state index in [2.05, 4.69) is 10.6 Å². The van der Waals surface area contributed by atoms with Crippen LogP contribution < -0.4 is 10.6 Å². The molecule has 17 heavy (non-hydrogen) atoms. The normalized spacial score (nSPS) is 35.4. The van der Waals surface area contributed by atoms with Crippen molar-refractivity contribution in [1.82, 2.24) is 10.6 Å². The number of nitrogens with one attached hydrogen (secondary N) is 2. The second kappa shape index (κ2) is 4.64. The van der Waals surface area contributed by atoms with Crippen LogP contribution in [0.2, 0.25) is 0 Å². The smallest absolute Gasteiger partial charge is 0.331 e. The Balaban J connectivity index is 1.99. The van der Waals surface area contributed by atoms with Gasteiger partial charge in [-0.1, -0.05) is 13.3 Å².